The lowest BCUT2D eigenvalue weighted by Gasteiger charge is -2.26. The molecule has 1 fully saturated rings. The van der Waals surface area contributed by atoms with Crippen molar-refractivity contribution in [2.45, 2.75) is 57.9 Å². The van der Waals surface area contributed by atoms with Crippen molar-refractivity contribution >= 4 is 5.91 Å². The molecule has 1 saturated carbocycles. The van der Waals surface area contributed by atoms with Crippen LogP contribution in [0.2, 0.25) is 0 Å². The Morgan fingerprint density at radius 3 is 2.76 bits per heavy atom. The van der Waals surface area contributed by atoms with Crippen LogP contribution < -0.4 is 10.1 Å². The van der Waals surface area contributed by atoms with Crippen LogP contribution in [0.1, 0.15) is 56.3 Å². The van der Waals surface area contributed by atoms with E-state index in [-0.39, 0.29) is 5.91 Å². The van der Waals surface area contributed by atoms with E-state index in [1.54, 1.807) is 6.92 Å². The highest BCUT2D eigenvalue weighted by Crippen LogP contribution is 2.37. The highest BCUT2D eigenvalue weighted by Gasteiger charge is 2.41. The maximum Gasteiger partial charge on any atom is 0.223 e. The molecule has 0 atom stereocenters. The quantitative estimate of drug-likeness (QED) is 0.835. The maximum atomic E-state index is 12.6. The monoisotopic (exact) mass is 343 g/mol. The van der Waals surface area contributed by atoms with Gasteiger partial charge in [0, 0.05) is 13.3 Å². The number of para-hydroxylation sites is 1. The fraction of sp³-hybridized carbons (Fsp3) is 0.526. The Bertz CT molecular complexity index is 720. The molecule has 0 aliphatic heterocycles. The standard InChI is InChI=1S/C19H25N3O3/c1-3-24-16-9-5-4-8-15(16)10-11-17(23)21-19(12-6-7-13-19)18-20-14(2)25-22-18/h4-5,8-9H,3,6-7,10-13H2,1-2H3,(H,21,23). The minimum Gasteiger partial charge on any atom is -0.494 e. The molecule has 1 aliphatic rings. The molecular weight excluding hydrogens is 318 g/mol. The van der Waals surface area contributed by atoms with Gasteiger partial charge in [0.1, 0.15) is 11.3 Å². The lowest BCUT2D eigenvalue weighted by molar-refractivity contribution is -0.123. The van der Waals surface area contributed by atoms with Crippen LogP contribution in [0.15, 0.2) is 28.8 Å². The average molecular weight is 343 g/mol. The van der Waals surface area contributed by atoms with Crippen molar-refractivity contribution in [1.29, 1.82) is 0 Å². The Morgan fingerprint density at radius 2 is 2.08 bits per heavy atom. The highest BCUT2D eigenvalue weighted by atomic mass is 16.5. The number of hydrogen-bond acceptors (Lipinski definition) is 5. The van der Waals surface area contributed by atoms with Crippen molar-refractivity contribution in [2.75, 3.05) is 6.61 Å². The molecule has 0 unspecified atom stereocenters. The molecule has 25 heavy (non-hydrogen) atoms. The van der Waals surface area contributed by atoms with Gasteiger partial charge in [-0.3, -0.25) is 4.79 Å². The summed E-state index contributed by atoms with van der Waals surface area (Å²) in [5, 5.41) is 7.24. The Labute approximate surface area is 148 Å². The molecule has 0 bridgehead atoms. The number of carbonyl (C=O) groups excluding carboxylic acids is 1. The van der Waals surface area contributed by atoms with Gasteiger partial charge in [0.05, 0.1) is 6.61 Å². The van der Waals surface area contributed by atoms with Gasteiger partial charge in [0.15, 0.2) is 5.82 Å². The number of nitrogens with zero attached hydrogens (tertiary/aromatic N) is 2. The van der Waals surface area contributed by atoms with E-state index < -0.39 is 5.54 Å². The largest absolute Gasteiger partial charge is 0.494 e. The van der Waals surface area contributed by atoms with E-state index in [1.165, 1.54) is 0 Å². The van der Waals surface area contributed by atoms with Gasteiger partial charge in [-0.25, -0.2) is 0 Å². The van der Waals surface area contributed by atoms with E-state index in [1.807, 2.05) is 31.2 Å². The molecule has 0 spiro atoms. The third-order valence-electron chi connectivity index (χ3n) is 4.69. The Balaban J connectivity index is 1.65. The van der Waals surface area contributed by atoms with Crippen LogP contribution in [0.3, 0.4) is 0 Å². The molecule has 6 heteroatoms. The number of nitrogens with one attached hydrogen (secondary N) is 1. The van der Waals surface area contributed by atoms with Crippen molar-refractivity contribution in [3.63, 3.8) is 0 Å². The summed E-state index contributed by atoms with van der Waals surface area (Å²) < 4.78 is 10.8. The molecule has 0 saturated heterocycles. The van der Waals surface area contributed by atoms with E-state index in [0.717, 1.165) is 37.0 Å². The maximum absolute atomic E-state index is 12.6. The lowest BCUT2D eigenvalue weighted by atomic mass is 9.96. The molecule has 1 N–H and O–H groups in total. The first-order valence-electron chi connectivity index (χ1n) is 8.95. The Kier molecular flexibility index (Phi) is 5.36. The van der Waals surface area contributed by atoms with E-state index in [9.17, 15) is 4.79 Å². The molecule has 3 rings (SSSR count). The van der Waals surface area contributed by atoms with Crippen molar-refractivity contribution in [1.82, 2.24) is 15.5 Å². The number of aryl methyl sites for hydroxylation is 2. The number of rotatable bonds is 7. The minimum absolute atomic E-state index is 0.00987. The minimum atomic E-state index is -0.478. The normalized spacial score (nSPS) is 15.9. The Hall–Kier alpha value is -2.37. The number of amides is 1. The molecule has 1 heterocycles. The molecule has 1 aromatic heterocycles. The zero-order chi connectivity index (χ0) is 17.7. The smallest absolute Gasteiger partial charge is 0.223 e. The van der Waals surface area contributed by atoms with E-state index in [4.69, 9.17) is 9.26 Å². The van der Waals surface area contributed by atoms with E-state index in [2.05, 4.69) is 15.5 Å². The number of aromatic nitrogens is 2. The zero-order valence-electron chi connectivity index (χ0n) is 14.9. The summed E-state index contributed by atoms with van der Waals surface area (Å²) in [4.78, 5) is 17.0. The summed E-state index contributed by atoms with van der Waals surface area (Å²) in [5.41, 5.74) is 0.573. The lowest BCUT2D eigenvalue weighted by Crippen LogP contribution is -2.44. The SMILES string of the molecule is CCOc1ccccc1CCC(=O)NC1(c2noc(C)n2)CCCC1. The molecular formula is C19H25N3O3. The van der Waals surface area contributed by atoms with Gasteiger partial charge in [0.25, 0.3) is 0 Å². The fourth-order valence-corrected chi connectivity index (χ4v) is 3.46. The summed E-state index contributed by atoms with van der Waals surface area (Å²) in [6.45, 7) is 4.34. The Morgan fingerprint density at radius 1 is 1.32 bits per heavy atom. The van der Waals surface area contributed by atoms with Crippen molar-refractivity contribution in [3.8, 4) is 5.75 Å². The van der Waals surface area contributed by atoms with Crippen molar-refractivity contribution in [3.05, 3.63) is 41.5 Å². The van der Waals surface area contributed by atoms with Gasteiger partial charge >= 0.3 is 0 Å². The van der Waals surface area contributed by atoms with Gasteiger partial charge < -0.3 is 14.6 Å². The molecule has 0 radical (unpaired) electrons. The molecule has 134 valence electrons. The average Bonchev–Trinajstić information content (AvgIpc) is 3.24. The first-order chi connectivity index (χ1) is 12.1. The van der Waals surface area contributed by atoms with E-state index >= 15 is 0 Å². The predicted molar refractivity (Wildman–Crippen MR) is 93.3 cm³/mol. The second-order valence-electron chi connectivity index (χ2n) is 6.52. The summed E-state index contributed by atoms with van der Waals surface area (Å²) in [5.74, 6) is 1.99. The van der Waals surface area contributed by atoms with Gasteiger partial charge in [-0.1, -0.05) is 36.2 Å². The molecule has 6 nitrogen and oxygen atoms in total. The summed E-state index contributed by atoms with van der Waals surface area (Å²) in [6.07, 6.45) is 4.87. The predicted octanol–water partition coefficient (Wildman–Crippen LogP) is 3.30. The molecule has 1 aliphatic carbocycles. The van der Waals surface area contributed by atoms with Crippen molar-refractivity contribution in [2.24, 2.45) is 0 Å². The number of carbonyl (C=O) groups is 1. The third-order valence-corrected chi connectivity index (χ3v) is 4.69. The van der Waals surface area contributed by atoms with Crippen LogP contribution in [-0.4, -0.2) is 22.7 Å². The summed E-state index contributed by atoms with van der Waals surface area (Å²) in [6, 6.07) is 7.86. The molecule has 1 aromatic carbocycles. The van der Waals surface area contributed by atoms with Crippen LogP contribution in [0, 0.1) is 6.92 Å². The van der Waals surface area contributed by atoms with Gasteiger partial charge in [-0.2, -0.15) is 4.98 Å². The zero-order valence-corrected chi connectivity index (χ0v) is 14.9. The topological polar surface area (TPSA) is 77.2 Å². The first-order valence-corrected chi connectivity index (χ1v) is 8.95. The van der Waals surface area contributed by atoms with Crippen LogP contribution >= 0.6 is 0 Å². The number of benzene rings is 1. The fourth-order valence-electron chi connectivity index (χ4n) is 3.46. The van der Waals surface area contributed by atoms with Crippen LogP contribution in [0.25, 0.3) is 0 Å². The second-order valence-corrected chi connectivity index (χ2v) is 6.52. The molecule has 2 aromatic rings. The number of ether oxygens (including phenoxy) is 1. The van der Waals surface area contributed by atoms with Gasteiger partial charge in [0.2, 0.25) is 11.8 Å². The third kappa shape index (κ3) is 4.00. The van der Waals surface area contributed by atoms with E-state index in [0.29, 0.717) is 31.2 Å². The molecule has 1 amide bonds. The highest BCUT2D eigenvalue weighted by molar-refractivity contribution is 5.77. The summed E-state index contributed by atoms with van der Waals surface area (Å²) >= 11 is 0. The van der Waals surface area contributed by atoms with Gasteiger partial charge in [-0.15, -0.1) is 0 Å². The second kappa shape index (κ2) is 7.68. The van der Waals surface area contributed by atoms with Gasteiger partial charge in [-0.05, 0) is 37.8 Å². The first kappa shape index (κ1) is 17.5. The summed E-state index contributed by atoms with van der Waals surface area (Å²) in [7, 11) is 0. The van der Waals surface area contributed by atoms with Crippen LogP contribution in [0.5, 0.6) is 5.75 Å². The van der Waals surface area contributed by atoms with Crippen molar-refractivity contribution < 1.29 is 14.1 Å². The number of hydrogen-bond donors (Lipinski definition) is 1. The van der Waals surface area contributed by atoms with Crippen LogP contribution in [0.4, 0.5) is 0 Å². The van der Waals surface area contributed by atoms with Crippen LogP contribution in [-0.2, 0) is 16.8 Å².